The predicted octanol–water partition coefficient (Wildman–Crippen LogP) is 3.45. The summed E-state index contributed by atoms with van der Waals surface area (Å²) in [6.45, 7) is 2.25. The number of rotatable bonds is 5. The summed E-state index contributed by atoms with van der Waals surface area (Å²) in [6.07, 6.45) is 1.97. The minimum atomic E-state index is -0.129. The Morgan fingerprint density at radius 2 is 2.00 bits per heavy atom. The molecule has 0 saturated heterocycles. The number of anilines is 1. The van der Waals surface area contributed by atoms with Crippen LogP contribution in [0.2, 0.25) is 5.02 Å². The minimum absolute atomic E-state index is 0.129. The number of amides is 1. The highest BCUT2D eigenvalue weighted by molar-refractivity contribution is 6.30. The van der Waals surface area contributed by atoms with Gasteiger partial charge >= 0.3 is 0 Å². The number of carbonyl (C=O) groups excluding carboxylic acids is 1. The Morgan fingerprint density at radius 3 is 2.65 bits per heavy atom. The largest absolute Gasteiger partial charge is 0.493 e. The van der Waals surface area contributed by atoms with Crippen molar-refractivity contribution in [2.75, 3.05) is 11.9 Å². The molecule has 0 fully saturated rings. The minimum Gasteiger partial charge on any atom is -0.493 e. The van der Waals surface area contributed by atoms with E-state index < -0.39 is 0 Å². The van der Waals surface area contributed by atoms with Crippen LogP contribution >= 0.6 is 11.6 Å². The highest BCUT2D eigenvalue weighted by Gasteiger charge is 2.03. The van der Waals surface area contributed by atoms with E-state index in [0.29, 0.717) is 23.2 Å². The smallest absolute Gasteiger partial charge is 0.228 e. The van der Waals surface area contributed by atoms with Gasteiger partial charge in [0.15, 0.2) is 0 Å². The number of hydrogen-bond acceptors (Lipinski definition) is 3. The average molecular weight is 291 g/mol. The van der Waals surface area contributed by atoms with Crippen LogP contribution in [0, 0.1) is 6.92 Å². The van der Waals surface area contributed by atoms with Crippen molar-refractivity contribution in [3.8, 4) is 5.75 Å². The summed E-state index contributed by atoms with van der Waals surface area (Å²) >= 11 is 5.77. The molecule has 5 heteroatoms. The number of aromatic nitrogens is 1. The Hall–Kier alpha value is -2.07. The van der Waals surface area contributed by atoms with Gasteiger partial charge in [0.25, 0.3) is 0 Å². The van der Waals surface area contributed by atoms with Crippen LogP contribution < -0.4 is 10.1 Å². The van der Waals surface area contributed by atoms with Crippen LogP contribution in [0.4, 0.5) is 5.82 Å². The van der Waals surface area contributed by atoms with Gasteiger partial charge in [-0.05, 0) is 42.8 Å². The molecule has 0 aliphatic carbocycles. The molecular weight excluding hydrogens is 276 g/mol. The zero-order chi connectivity index (χ0) is 14.4. The first-order valence-corrected chi connectivity index (χ1v) is 6.62. The van der Waals surface area contributed by atoms with Crippen molar-refractivity contribution in [1.82, 2.24) is 4.98 Å². The number of nitrogens with one attached hydrogen (secondary N) is 1. The van der Waals surface area contributed by atoms with Gasteiger partial charge in [-0.15, -0.1) is 0 Å². The van der Waals surface area contributed by atoms with Gasteiger partial charge in [-0.25, -0.2) is 4.98 Å². The molecule has 2 aromatic rings. The van der Waals surface area contributed by atoms with Gasteiger partial charge in [0.1, 0.15) is 11.6 Å². The van der Waals surface area contributed by atoms with E-state index in [1.54, 1.807) is 36.5 Å². The van der Waals surface area contributed by atoms with Gasteiger partial charge < -0.3 is 10.1 Å². The summed E-state index contributed by atoms with van der Waals surface area (Å²) in [5.41, 5.74) is 1.05. The van der Waals surface area contributed by atoms with Crippen molar-refractivity contribution in [3.05, 3.63) is 53.2 Å². The predicted molar refractivity (Wildman–Crippen MR) is 79.2 cm³/mol. The number of pyridine rings is 1. The molecule has 0 aliphatic heterocycles. The lowest BCUT2D eigenvalue weighted by Crippen LogP contribution is -2.15. The highest BCUT2D eigenvalue weighted by atomic mass is 35.5. The zero-order valence-electron chi connectivity index (χ0n) is 11.1. The highest BCUT2D eigenvalue weighted by Crippen LogP contribution is 2.15. The molecule has 1 amide bonds. The maximum atomic E-state index is 11.7. The Bertz CT molecular complexity index is 567. The lowest BCUT2D eigenvalue weighted by atomic mass is 10.3. The molecule has 104 valence electrons. The van der Waals surface area contributed by atoms with E-state index >= 15 is 0 Å². The normalized spacial score (nSPS) is 10.1. The van der Waals surface area contributed by atoms with Gasteiger partial charge in [-0.2, -0.15) is 0 Å². The van der Waals surface area contributed by atoms with Gasteiger partial charge in [-0.3, -0.25) is 4.79 Å². The van der Waals surface area contributed by atoms with Crippen molar-refractivity contribution in [2.45, 2.75) is 13.3 Å². The summed E-state index contributed by atoms with van der Waals surface area (Å²) in [4.78, 5) is 15.8. The second kappa shape index (κ2) is 6.91. The summed E-state index contributed by atoms with van der Waals surface area (Å²) in [6, 6.07) is 10.7. The van der Waals surface area contributed by atoms with E-state index in [1.807, 2.05) is 13.0 Å². The number of carbonyl (C=O) groups is 1. The lowest BCUT2D eigenvalue weighted by Gasteiger charge is -2.07. The van der Waals surface area contributed by atoms with Gasteiger partial charge in [-0.1, -0.05) is 17.7 Å². The number of hydrogen-bond donors (Lipinski definition) is 1. The Labute approximate surface area is 122 Å². The molecule has 0 saturated carbocycles. The fourth-order valence-electron chi connectivity index (χ4n) is 1.54. The van der Waals surface area contributed by atoms with Crippen LogP contribution in [-0.4, -0.2) is 17.5 Å². The molecule has 0 bridgehead atoms. The Kier molecular flexibility index (Phi) is 4.96. The molecule has 1 aromatic heterocycles. The van der Waals surface area contributed by atoms with Crippen LogP contribution in [0.1, 0.15) is 12.0 Å². The van der Waals surface area contributed by atoms with Crippen molar-refractivity contribution in [2.24, 2.45) is 0 Å². The second-order valence-corrected chi connectivity index (χ2v) is 4.76. The summed E-state index contributed by atoms with van der Waals surface area (Å²) in [7, 11) is 0. The zero-order valence-corrected chi connectivity index (χ0v) is 11.9. The third-order valence-electron chi connectivity index (χ3n) is 2.59. The van der Waals surface area contributed by atoms with Crippen LogP contribution in [-0.2, 0) is 4.79 Å². The van der Waals surface area contributed by atoms with Gasteiger partial charge in [0.05, 0.1) is 13.0 Å². The van der Waals surface area contributed by atoms with Crippen LogP contribution in [0.3, 0.4) is 0 Å². The third-order valence-corrected chi connectivity index (χ3v) is 2.84. The molecule has 2 rings (SSSR count). The SMILES string of the molecule is Cc1ccc(NC(=O)CCOc2ccc(Cl)cc2)nc1. The topological polar surface area (TPSA) is 51.2 Å². The first kappa shape index (κ1) is 14.3. The fourth-order valence-corrected chi connectivity index (χ4v) is 1.67. The first-order chi connectivity index (χ1) is 9.63. The molecule has 4 nitrogen and oxygen atoms in total. The number of ether oxygens (including phenoxy) is 1. The molecule has 0 aliphatic rings. The summed E-state index contributed by atoms with van der Waals surface area (Å²) < 4.78 is 5.45. The van der Waals surface area contributed by atoms with Gasteiger partial charge in [0.2, 0.25) is 5.91 Å². The number of nitrogens with zero attached hydrogens (tertiary/aromatic N) is 1. The lowest BCUT2D eigenvalue weighted by molar-refractivity contribution is -0.116. The van der Waals surface area contributed by atoms with Crippen molar-refractivity contribution < 1.29 is 9.53 Å². The number of aryl methyl sites for hydroxylation is 1. The monoisotopic (exact) mass is 290 g/mol. The van der Waals surface area contributed by atoms with Crippen molar-refractivity contribution >= 4 is 23.3 Å². The fraction of sp³-hybridized carbons (Fsp3) is 0.200. The molecule has 0 unspecified atom stereocenters. The molecule has 1 aromatic carbocycles. The molecular formula is C15H15ClN2O2. The van der Waals surface area contributed by atoms with Crippen LogP contribution in [0.25, 0.3) is 0 Å². The van der Waals surface area contributed by atoms with Gasteiger partial charge in [0, 0.05) is 11.2 Å². The summed E-state index contributed by atoms with van der Waals surface area (Å²) in [5.74, 6) is 1.11. The molecule has 0 atom stereocenters. The summed E-state index contributed by atoms with van der Waals surface area (Å²) in [5, 5.41) is 3.37. The third kappa shape index (κ3) is 4.55. The maximum absolute atomic E-state index is 11.7. The van der Waals surface area contributed by atoms with E-state index in [9.17, 15) is 4.79 Å². The Morgan fingerprint density at radius 1 is 1.25 bits per heavy atom. The van der Waals surface area contributed by atoms with E-state index in [4.69, 9.17) is 16.3 Å². The average Bonchev–Trinajstić information content (AvgIpc) is 2.44. The quantitative estimate of drug-likeness (QED) is 0.917. The Balaban J connectivity index is 1.75. The van der Waals surface area contributed by atoms with E-state index in [-0.39, 0.29) is 12.3 Å². The van der Waals surface area contributed by atoms with E-state index in [1.165, 1.54) is 0 Å². The second-order valence-electron chi connectivity index (χ2n) is 4.32. The molecule has 20 heavy (non-hydrogen) atoms. The molecule has 1 N–H and O–H groups in total. The molecule has 0 radical (unpaired) electrons. The first-order valence-electron chi connectivity index (χ1n) is 6.24. The maximum Gasteiger partial charge on any atom is 0.228 e. The standard InChI is InChI=1S/C15H15ClN2O2/c1-11-2-7-14(17-10-11)18-15(19)8-9-20-13-5-3-12(16)4-6-13/h2-7,10H,8-9H2,1H3,(H,17,18,19). The molecule has 0 spiro atoms. The van der Waals surface area contributed by atoms with Crippen LogP contribution in [0.15, 0.2) is 42.6 Å². The van der Waals surface area contributed by atoms with E-state index in [2.05, 4.69) is 10.3 Å². The van der Waals surface area contributed by atoms with E-state index in [0.717, 1.165) is 5.56 Å². The number of benzene rings is 1. The van der Waals surface area contributed by atoms with Crippen LogP contribution in [0.5, 0.6) is 5.75 Å². The van der Waals surface area contributed by atoms with Crippen molar-refractivity contribution in [3.63, 3.8) is 0 Å². The molecule has 1 heterocycles. The van der Waals surface area contributed by atoms with Crippen molar-refractivity contribution in [1.29, 1.82) is 0 Å². The number of halogens is 1.